The van der Waals surface area contributed by atoms with Crippen molar-refractivity contribution in [3.63, 3.8) is 0 Å². The molecule has 9 heteroatoms. The minimum Gasteiger partial charge on any atom is -0.369 e. The number of piperazine rings is 1. The van der Waals surface area contributed by atoms with E-state index in [0.717, 1.165) is 61.1 Å². The number of hydrogen-bond acceptors (Lipinski definition) is 7. The minimum absolute atomic E-state index is 0.0146. The van der Waals surface area contributed by atoms with E-state index >= 15 is 0 Å². The maximum Gasteiger partial charge on any atom is 0.261 e. The van der Waals surface area contributed by atoms with Crippen LogP contribution in [0.4, 0.5) is 5.69 Å². The van der Waals surface area contributed by atoms with Crippen molar-refractivity contribution < 1.29 is 0 Å². The predicted molar refractivity (Wildman–Crippen MR) is 119 cm³/mol. The highest BCUT2D eigenvalue weighted by atomic mass is 16.1. The first kappa shape index (κ1) is 19.6. The van der Waals surface area contributed by atoms with Crippen molar-refractivity contribution in [2.24, 2.45) is 0 Å². The fourth-order valence-electron chi connectivity index (χ4n) is 4.08. The van der Waals surface area contributed by atoms with E-state index in [1.165, 1.54) is 0 Å². The average Bonchev–Trinajstić information content (AvgIpc) is 3.16. The first-order valence-electron chi connectivity index (χ1n) is 10.7. The van der Waals surface area contributed by atoms with Gasteiger partial charge in [0.25, 0.3) is 5.56 Å². The summed E-state index contributed by atoms with van der Waals surface area (Å²) < 4.78 is 3.51. The number of aryl methyl sites for hydroxylation is 1. The van der Waals surface area contributed by atoms with Crippen molar-refractivity contribution in [2.45, 2.75) is 33.4 Å². The van der Waals surface area contributed by atoms with Crippen LogP contribution >= 0.6 is 0 Å². The monoisotopic (exact) mass is 418 g/mol. The van der Waals surface area contributed by atoms with Crippen molar-refractivity contribution in [2.75, 3.05) is 31.1 Å². The second kappa shape index (κ2) is 7.73. The topological polar surface area (TPSA) is 84.5 Å². The fourth-order valence-corrected chi connectivity index (χ4v) is 4.08. The SMILES string of the molecule is Cc1ccc2nnc(CN3CCN(c4ccc5c(=O)n(C(C)C)cnc5c4)CC3)n2n1. The third kappa shape index (κ3) is 3.65. The van der Waals surface area contributed by atoms with Crippen molar-refractivity contribution in [3.05, 3.63) is 58.5 Å². The van der Waals surface area contributed by atoms with E-state index in [0.29, 0.717) is 5.39 Å². The van der Waals surface area contributed by atoms with Gasteiger partial charge in [-0.1, -0.05) is 0 Å². The van der Waals surface area contributed by atoms with Gasteiger partial charge in [-0.05, 0) is 51.1 Å². The minimum atomic E-state index is 0.0146. The first-order chi connectivity index (χ1) is 15.0. The van der Waals surface area contributed by atoms with Gasteiger partial charge in [0.2, 0.25) is 0 Å². The quantitative estimate of drug-likeness (QED) is 0.501. The summed E-state index contributed by atoms with van der Waals surface area (Å²) >= 11 is 0. The van der Waals surface area contributed by atoms with Crippen LogP contribution in [0.25, 0.3) is 16.6 Å². The van der Waals surface area contributed by atoms with Gasteiger partial charge in [0.05, 0.1) is 29.5 Å². The third-order valence-corrected chi connectivity index (χ3v) is 5.89. The second-order valence-electron chi connectivity index (χ2n) is 8.38. The first-order valence-corrected chi connectivity index (χ1v) is 10.7. The van der Waals surface area contributed by atoms with E-state index in [4.69, 9.17) is 0 Å². The van der Waals surface area contributed by atoms with Gasteiger partial charge in [0.15, 0.2) is 11.5 Å². The molecule has 0 saturated carbocycles. The zero-order valence-corrected chi connectivity index (χ0v) is 18.1. The Hall–Kier alpha value is -3.33. The lowest BCUT2D eigenvalue weighted by Gasteiger charge is -2.35. The summed E-state index contributed by atoms with van der Waals surface area (Å²) in [6, 6.07) is 9.95. The molecule has 0 spiro atoms. The summed E-state index contributed by atoms with van der Waals surface area (Å²) in [7, 11) is 0. The molecule has 0 aliphatic carbocycles. The zero-order chi connectivity index (χ0) is 21.5. The number of rotatable bonds is 4. The normalized spacial score (nSPS) is 15.4. The molecule has 0 amide bonds. The van der Waals surface area contributed by atoms with Crippen LogP contribution in [-0.4, -0.2) is 60.4 Å². The lowest BCUT2D eigenvalue weighted by molar-refractivity contribution is 0.242. The smallest absolute Gasteiger partial charge is 0.261 e. The highest BCUT2D eigenvalue weighted by Gasteiger charge is 2.20. The molecule has 0 radical (unpaired) electrons. The molecule has 0 bridgehead atoms. The van der Waals surface area contributed by atoms with E-state index in [9.17, 15) is 4.79 Å². The van der Waals surface area contributed by atoms with Crippen molar-refractivity contribution in [3.8, 4) is 0 Å². The summed E-state index contributed by atoms with van der Waals surface area (Å²) in [5, 5.41) is 13.7. The van der Waals surface area contributed by atoms with E-state index < -0.39 is 0 Å². The summed E-state index contributed by atoms with van der Waals surface area (Å²) in [6.07, 6.45) is 1.65. The van der Waals surface area contributed by atoms with Gasteiger partial charge in [-0.15, -0.1) is 10.2 Å². The van der Waals surface area contributed by atoms with E-state index in [1.807, 2.05) is 55.6 Å². The largest absolute Gasteiger partial charge is 0.369 e. The Morgan fingerprint density at radius 1 is 1.03 bits per heavy atom. The molecule has 4 heterocycles. The second-order valence-corrected chi connectivity index (χ2v) is 8.38. The third-order valence-electron chi connectivity index (χ3n) is 5.89. The molecule has 1 fully saturated rings. The Balaban J connectivity index is 1.30. The summed E-state index contributed by atoms with van der Waals surface area (Å²) in [4.78, 5) is 21.9. The van der Waals surface area contributed by atoms with Gasteiger partial charge in [-0.2, -0.15) is 9.61 Å². The van der Waals surface area contributed by atoms with Crippen LogP contribution in [-0.2, 0) is 6.54 Å². The van der Waals surface area contributed by atoms with Gasteiger partial charge in [0.1, 0.15) is 0 Å². The Labute approximate surface area is 179 Å². The van der Waals surface area contributed by atoms with Crippen LogP contribution < -0.4 is 10.5 Å². The molecule has 0 N–H and O–H groups in total. The van der Waals surface area contributed by atoms with Crippen molar-refractivity contribution in [1.29, 1.82) is 0 Å². The maximum atomic E-state index is 12.7. The summed E-state index contributed by atoms with van der Waals surface area (Å²) in [5.41, 5.74) is 3.59. The number of benzene rings is 1. The number of hydrogen-bond donors (Lipinski definition) is 0. The molecule has 1 aliphatic rings. The van der Waals surface area contributed by atoms with Gasteiger partial charge in [-0.25, -0.2) is 4.98 Å². The molecule has 3 aromatic heterocycles. The number of anilines is 1. The maximum absolute atomic E-state index is 12.7. The molecular weight excluding hydrogens is 392 g/mol. The summed E-state index contributed by atoms with van der Waals surface area (Å²) in [5.74, 6) is 0.864. The zero-order valence-electron chi connectivity index (χ0n) is 18.1. The van der Waals surface area contributed by atoms with Crippen LogP contribution in [0.2, 0.25) is 0 Å². The van der Waals surface area contributed by atoms with E-state index in [1.54, 1.807) is 10.9 Å². The highest BCUT2D eigenvalue weighted by molar-refractivity contribution is 5.81. The Kier molecular flexibility index (Phi) is 4.90. The van der Waals surface area contributed by atoms with Gasteiger partial charge >= 0.3 is 0 Å². The van der Waals surface area contributed by atoms with Crippen LogP contribution in [0.1, 0.15) is 31.4 Å². The fraction of sp³-hybridized carbons (Fsp3) is 0.409. The highest BCUT2D eigenvalue weighted by Crippen LogP contribution is 2.21. The molecular formula is C22H26N8O. The van der Waals surface area contributed by atoms with Crippen LogP contribution in [0.5, 0.6) is 0 Å². The predicted octanol–water partition coefficient (Wildman–Crippen LogP) is 2.05. The molecule has 1 saturated heterocycles. The standard InChI is InChI=1S/C22H26N8O/c1-15(2)29-14-23-19-12-17(5-6-18(19)22(29)31)28-10-8-27(9-11-28)13-21-25-24-20-7-4-16(3)26-30(20)21/h4-7,12,14-15H,8-11,13H2,1-3H3. The Morgan fingerprint density at radius 3 is 2.61 bits per heavy atom. The molecule has 4 aromatic rings. The molecule has 0 atom stereocenters. The van der Waals surface area contributed by atoms with Crippen LogP contribution in [0.15, 0.2) is 41.5 Å². The van der Waals surface area contributed by atoms with Crippen LogP contribution in [0, 0.1) is 6.92 Å². The van der Waals surface area contributed by atoms with Gasteiger partial charge in [-0.3, -0.25) is 14.3 Å². The lowest BCUT2D eigenvalue weighted by atomic mass is 10.2. The van der Waals surface area contributed by atoms with E-state index in [2.05, 4.69) is 30.1 Å². The molecule has 9 nitrogen and oxygen atoms in total. The average molecular weight is 419 g/mol. The molecule has 1 aromatic carbocycles. The molecule has 31 heavy (non-hydrogen) atoms. The number of fused-ring (bicyclic) bond motifs is 2. The molecule has 5 rings (SSSR count). The molecule has 1 aliphatic heterocycles. The lowest BCUT2D eigenvalue weighted by Crippen LogP contribution is -2.46. The molecule has 160 valence electrons. The van der Waals surface area contributed by atoms with Gasteiger partial charge in [0, 0.05) is 37.9 Å². The van der Waals surface area contributed by atoms with Crippen molar-refractivity contribution in [1.82, 2.24) is 34.3 Å². The number of aromatic nitrogens is 6. The van der Waals surface area contributed by atoms with Crippen LogP contribution in [0.3, 0.4) is 0 Å². The number of nitrogens with zero attached hydrogens (tertiary/aromatic N) is 8. The summed E-state index contributed by atoms with van der Waals surface area (Å²) in [6.45, 7) is 10.3. The Morgan fingerprint density at radius 2 is 1.84 bits per heavy atom. The van der Waals surface area contributed by atoms with Crippen molar-refractivity contribution >= 4 is 22.2 Å². The molecule has 0 unspecified atom stereocenters. The Bertz CT molecular complexity index is 1300. The van der Waals surface area contributed by atoms with Gasteiger partial charge < -0.3 is 4.90 Å². The van der Waals surface area contributed by atoms with E-state index in [-0.39, 0.29) is 11.6 Å².